The molecule has 480 valence electrons. The molecule has 0 saturated heterocycles. The molecule has 0 bridgehead atoms. The Morgan fingerprint density at radius 1 is 0.281 bits per heavy atom. The van der Waals surface area contributed by atoms with Crippen LogP contribution in [0.2, 0.25) is 0 Å². The summed E-state index contributed by atoms with van der Waals surface area (Å²) in [5.74, 6) is -1.31. The first kappa shape index (κ1) is 59.3. The van der Waals surface area contributed by atoms with Gasteiger partial charge in [-0.05, 0) is 119 Å². The number of hydrogen-bond donors (Lipinski definition) is 0. The van der Waals surface area contributed by atoms with E-state index >= 15 is 0 Å². The number of pyridine rings is 4. The molecule has 8 aromatic carbocycles. The van der Waals surface area contributed by atoms with E-state index in [-0.39, 0.29) is 37.9 Å². The third kappa shape index (κ3) is 11.6. The van der Waals surface area contributed by atoms with Crippen molar-refractivity contribution < 1.29 is 54.8 Å². The summed E-state index contributed by atoms with van der Waals surface area (Å²) >= 11 is 0. The standard InChI is InChI=1S/C26H16F6N2O2.2C24H20N4O2/c27-17-5-19(29)25(20(30)6-17)33-9-15-1-13-2-16-10-34(26-21(31)7-18(28)8-22(26)32)12-36-24(16)4-14(13)3-23(15)35-11-33;2*1-3-20(11-25-7-1)27-13-18-6-5-17-10-23-19(9-22(17)24(18)30-16-27)14-28(15-29-23)21-4-2-8-26-12-21/h1-8H,9-12H2;2*1-12H,13-16H2. The monoisotopic (exact) mass is 1290 g/mol. The Balaban J connectivity index is 0.000000114. The quantitative estimate of drug-likeness (QED) is 0.146. The summed E-state index contributed by atoms with van der Waals surface area (Å²) in [7, 11) is 0. The fourth-order valence-corrected chi connectivity index (χ4v) is 13.0. The maximum atomic E-state index is 14.3. The number of ether oxygens (including phenoxy) is 6. The molecule has 0 unspecified atom stereocenters. The van der Waals surface area contributed by atoms with Crippen LogP contribution in [0.1, 0.15) is 33.4 Å². The summed E-state index contributed by atoms with van der Waals surface area (Å²) in [6.07, 6.45) is 14.6. The van der Waals surface area contributed by atoms with Gasteiger partial charge in [0.2, 0.25) is 0 Å². The summed E-state index contributed by atoms with van der Waals surface area (Å²) in [6, 6.07) is 42.9. The van der Waals surface area contributed by atoms with Crippen LogP contribution in [-0.4, -0.2) is 60.3 Å². The Morgan fingerprint density at radius 3 is 0.917 bits per heavy atom. The van der Waals surface area contributed by atoms with Crippen molar-refractivity contribution in [2.24, 2.45) is 0 Å². The number of hydrogen-bond acceptors (Lipinski definition) is 16. The predicted octanol–water partition coefficient (Wildman–Crippen LogP) is 15.1. The smallest absolute Gasteiger partial charge is 0.161 e. The van der Waals surface area contributed by atoms with E-state index in [0.717, 1.165) is 115 Å². The molecule has 0 fully saturated rings. The molecule has 0 atom stereocenters. The lowest BCUT2D eigenvalue weighted by Crippen LogP contribution is -2.33. The molecule has 0 N–H and O–H groups in total. The maximum absolute atomic E-state index is 14.3. The van der Waals surface area contributed by atoms with E-state index in [2.05, 4.69) is 112 Å². The van der Waals surface area contributed by atoms with Gasteiger partial charge in [-0.15, -0.1) is 0 Å². The number of anilines is 6. The Hall–Kier alpha value is -11.7. The van der Waals surface area contributed by atoms with Crippen molar-refractivity contribution in [3.63, 3.8) is 0 Å². The van der Waals surface area contributed by atoms with Gasteiger partial charge in [0.05, 0.1) is 60.6 Å². The summed E-state index contributed by atoms with van der Waals surface area (Å²) in [4.78, 5) is 28.3. The number of halogens is 6. The minimum Gasteiger partial charge on any atom is -0.473 e. The lowest BCUT2D eigenvalue weighted by molar-refractivity contribution is 0.285. The molecule has 96 heavy (non-hydrogen) atoms. The SMILES string of the molecule is Fc1cc(F)c(N2COc3cc4cc5c(cc4cc3C2)CN(c2c(F)cc(F)cc2F)CO5)c(F)c1.c1cncc(N2COc3cc4ccc5c(c4cc3C2)OCN(c2cccnc2)C5)c1.c1cncc(N2COc3cc4ccc5c(c4cc3C2)OCN(c2cccnc2)C5)c1. The fraction of sp³-hybridized carbons (Fsp3) is 0.162. The number of nitrogens with zero attached hydrogens (tertiary/aromatic N) is 10. The number of benzene rings is 8. The highest BCUT2D eigenvalue weighted by Crippen LogP contribution is 2.44. The van der Waals surface area contributed by atoms with Crippen molar-refractivity contribution in [3.8, 4) is 34.5 Å². The van der Waals surface area contributed by atoms with Gasteiger partial charge in [-0.1, -0.05) is 24.3 Å². The summed E-state index contributed by atoms with van der Waals surface area (Å²) in [5, 5.41) is 6.05. The highest BCUT2D eigenvalue weighted by atomic mass is 19.2. The van der Waals surface area contributed by atoms with Crippen LogP contribution in [0.25, 0.3) is 32.3 Å². The average Bonchev–Trinajstić information content (AvgIpc) is 0.799. The van der Waals surface area contributed by atoms with E-state index in [4.69, 9.17) is 28.4 Å². The molecule has 22 heteroatoms. The van der Waals surface area contributed by atoms with E-state index < -0.39 is 34.9 Å². The second-order valence-corrected chi connectivity index (χ2v) is 23.8. The van der Waals surface area contributed by atoms with Gasteiger partial charge in [0.15, 0.2) is 63.7 Å². The van der Waals surface area contributed by atoms with Crippen molar-refractivity contribution in [1.82, 2.24) is 19.9 Å². The van der Waals surface area contributed by atoms with Gasteiger partial charge in [-0.25, -0.2) is 26.3 Å². The molecular formula is C74H56F6N10O6. The van der Waals surface area contributed by atoms with Crippen LogP contribution in [0, 0.1) is 34.9 Å². The van der Waals surface area contributed by atoms with Gasteiger partial charge in [-0.2, -0.15) is 0 Å². The zero-order valence-corrected chi connectivity index (χ0v) is 51.1. The molecule has 12 aromatic rings. The minimum absolute atomic E-state index is 0.108. The summed E-state index contributed by atoms with van der Waals surface area (Å²) < 4.78 is 120. The van der Waals surface area contributed by atoms with Gasteiger partial charge >= 0.3 is 0 Å². The Kier molecular flexibility index (Phi) is 15.4. The Labute approximate surface area is 545 Å². The van der Waals surface area contributed by atoms with Gasteiger partial charge < -0.3 is 57.8 Å². The largest absolute Gasteiger partial charge is 0.473 e. The van der Waals surface area contributed by atoms with Crippen LogP contribution in [0.5, 0.6) is 34.5 Å². The maximum Gasteiger partial charge on any atom is 0.161 e. The summed E-state index contributed by atoms with van der Waals surface area (Å²) in [6.45, 7) is 5.15. The Morgan fingerprint density at radius 2 is 0.573 bits per heavy atom. The van der Waals surface area contributed by atoms with E-state index in [9.17, 15) is 26.3 Å². The zero-order valence-electron chi connectivity index (χ0n) is 51.1. The number of fused-ring (bicyclic) bond motifs is 11. The normalized spacial score (nSPS) is 15.1. The van der Waals surface area contributed by atoms with Crippen molar-refractivity contribution in [2.75, 3.05) is 69.8 Å². The molecule has 6 aliphatic heterocycles. The lowest BCUT2D eigenvalue weighted by Gasteiger charge is -2.33. The molecule has 10 heterocycles. The molecule has 0 aliphatic carbocycles. The second kappa shape index (κ2) is 25.0. The van der Waals surface area contributed by atoms with Crippen LogP contribution in [0.15, 0.2) is 195 Å². The molecule has 4 aromatic heterocycles. The van der Waals surface area contributed by atoms with Gasteiger partial charge in [-0.3, -0.25) is 19.9 Å². The minimum atomic E-state index is -1.04. The lowest BCUT2D eigenvalue weighted by atomic mass is 10.00. The third-order valence-corrected chi connectivity index (χ3v) is 17.7. The van der Waals surface area contributed by atoms with Crippen molar-refractivity contribution in [1.29, 1.82) is 0 Å². The van der Waals surface area contributed by atoms with E-state index in [1.807, 2.05) is 49.1 Å². The predicted molar refractivity (Wildman–Crippen MR) is 351 cm³/mol. The summed E-state index contributed by atoms with van der Waals surface area (Å²) in [5.41, 5.74) is 9.42. The molecule has 0 radical (unpaired) electrons. The number of aromatic nitrogens is 4. The first-order chi connectivity index (χ1) is 47.0. The zero-order chi connectivity index (χ0) is 65.0. The van der Waals surface area contributed by atoms with Gasteiger partial charge in [0.25, 0.3) is 0 Å². The van der Waals surface area contributed by atoms with Crippen LogP contribution in [-0.2, 0) is 39.3 Å². The first-order valence-corrected chi connectivity index (χ1v) is 30.9. The Bertz CT molecular complexity index is 4610. The molecular weight excluding hydrogens is 1240 g/mol. The third-order valence-electron chi connectivity index (χ3n) is 17.7. The highest BCUT2D eigenvalue weighted by molar-refractivity contribution is 5.94. The van der Waals surface area contributed by atoms with Crippen LogP contribution in [0.3, 0.4) is 0 Å². The second-order valence-electron chi connectivity index (χ2n) is 23.8. The van der Waals surface area contributed by atoms with Crippen molar-refractivity contribution in [2.45, 2.75) is 39.3 Å². The first-order valence-electron chi connectivity index (χ1n) is 30.9. The van der Waals surface area contributed by atoms with Gasteiger partial charge in [0.1, 0.15) is 57.5 Å². The van der Waals surface area contributed by atoms with Crippen molar-refractivity contribution >= 4 is 66.4 Å². The molecule has 0 spiro atoms. The molecule has 0 amide bonds. The van der Waals surface area contributed by atoms with E-state index in [1.165, 1.54) is 20.9 Å². The van der Waals surface area contributed by atoms with Crippen LogP contribution < -0.4 is 57.8 Å². The van der Waals surface area contributed by atoms with Crippen molar-refractivity contribution in [3.05, 3.63) is 263 Å². The molecule has 18 rings (SSSR count). The van der Waals surface area contributed by atoms with Crippen LogP contribution in [0.4, 0.5) is 60.5 Å². The molecule has 6 aliphatic rings. The number of rotatable bonds is 6. The highest BCUT2D eigenvalue weighted by Gasteiger charge is 2.30. The van der Waals surface area contributed by atoms with Crippen LogP contribution >= 0.6 is 0 Å². The van der Waals surface area contributed by atoms with Gasteiger partial charge in [0, 0.05) is 119 Å². The fourth-order valence-electron chi connectivity index (χ4n) is 13.0. The molecule has 0 saturated carbocycles. The average molecular weight is 1300 g/mol. The van der Waals surface area contributed by atoms with E-state index in [0.29, 0.717) is 73.8 Å². The molecule has 16 nitrogen and oxygen atoms in total. The van der Waals surface area contributed by atoms with E-state index in [1.54, 1.807) is 49.1 Å². The topological polar surface area (TPSA) is 126 Å².